The van der Waals surface area contributed by atoms with Crippen molar-refractivity contribution in [3.8, 4) is 17.0 Å². The van der Waals surface area contributed by atoms with Gasteiger partial charge in [-0.1, -0.05) is 36.4 Å². The SMILES string of the molecule is CCNC(=O)c1ccc(-c2c(C)nc3c(OCc4ccccc4C)cccn23)cc1. The molecular formula is C25H25N3O2. The van der Waals surface area contributed by atoms with E-state index in [-0.39, 0.29) is 5.91 Å². The van der Waals surface area contributed by atoms with Crippen molar-refractivity contribution in [1.29, 1.82) is 0 Å². The van der Waals surface area contributed by atoms with E-state index in [0.29, 0.717) is 18.7 Å². The monoisotopic (exact) mass is 399 g/mol. The Kier molecular flexibility index (Phi) is 5.53. The fourth-order valence-electron chi connectivity index (χ4n) is 3.59. The van der Waals surface area contributed by atoms with Crippen molar-refractivity contribution in [1.82, 2.24) is 14.7 Å². The Morgan fingerprint density at radius 1 is 1.03 bits per heavy atom. The zero-order valence-corrected chi connectivity index (χ0v) is 17.5. The van der Waals surface area contributed by atoms with Gasteiger partial charge in [0.1, 0.15) is 6.61 Å². The maximum absolute atomic E-state index is 12.0. The maximum Gasteiger partial charge on any atom is 0.251 e. The first-order chi connectivity index (χ1) is 14.6. The Labute approximate surface area is 176 Å². The Bertz CT molecular complexity index is 1190. The fourth-order valence-corrected chi connectivity index (χ4v) is 3.59. The van der Waals surface area contributed by atoms with E-state index < -0.39 is 0 Å². The second kappa shape index (κ2) is 8.41. The van der Waals surface area contributed by atoms with E-state index >= 15 is 0 Å². The number of fused-ring (bicyclic) bond motifs is 1. The number of rotatable bonds is 6. The molecule has 1 N–H and O–H groups in total. The van der Waals surface area contributed by atoms with E-state index in [1.54, 1.807) is 0 Å². The lowest BCUT2D eigenvalue weighted by Crippen LogP contribution is -2.22. The summed E-state index contributed by atoms with van der Waals surface area (Å²) in [6.45, 7) is 7.09. The van der Waals surface area contributed by atoms with Crippen LogP contribution in [0.15, 0.2) is 66.9 Å². The van der Waals surface area contributed by atoms with Crippen LogP contribution >= 0.6 is 0 Å². The van der Waals surface area contributed by atoms with E-state index in [1.807, 2.05) is 73.0 Å². The molecule has 5 heteroatoms. The van der Waals surface area contributed by atoms with E-state index in [4.69, 9.17) is 9.72 Å². The summed E-state index contributed by atoms with van der Waals surface area (Å²) in [5.41, 5.74) is 6.70. The number of benzene rings is 2. The summed E-state index contributed by atoms with van der Waals surface area (Å²) >= 11 is 0. The highest BCUT2D eigenvalue weighted by Gasteiger charge is 2.15. The van der Waals surface area contributed by atoms with E-state index in [0.717, 1.165) is 33.9 Å². The van der Waals surface area contributed by atoms with Crippen molar-refractivity contribution in [2.45, 2.75) is 27.4 Å². The highest BCUT2D eigenvalue weighted by atomic mass is 16.5. The van der Waals surface area contributed by atoms with Gasteiger partial charge in [-0.2, -0.15) is 0 Å². The smallest absolute Gasteiger partial charge is 0.251 e. The average molecular weight is 399 g/mol. The summed E-state index contributed by atoms with van der Waals surface area (Å²) in [5, 5.41) is 2.82. The molecule has 2 aromatic heterocycles. The Morgan fingerprint density at radius 2 is 1.80 bits per heavy atom. The highest BCUT2D eigenvalue weighted by Crippen LogP contribution is 2.29. The van der Waals surface area contributed by atoms with Gasteiger partial charge in [-0.25, -0.2) is 4.98 Å². The predicted octanol–water partition coefficient (Wildman–Crippen LogP) is 4.95. The van der Waals surface area contributed by atoms with Gasteiger partial charge in [0.05, 0.1) is 11.4 Å². The second-order valence-electron chi connectivity index (χ2n) is 7.26. The van der Waals surface area contributed by atoms with Crippen molar-refractivity contribution in [2.75, 3.05) is 6.54 Å². The molecule has 0 saturated carbocycles. The van der Waals surface area contributed by atoms with Crippen LogP contribution in [0, 0.1) is 13.8 Å². The normalized spacial score (nSPS) is 10.9. The molecule has 0 atom stereocenters. The standard InChI is InChI=1S/C25H25N3O2/c1-4-26-25(29)20-13-11-19(12-14-20)23-18(3)27-24-22(10-7-15-28(23)24)30-16-21-9-6-5-8-17(21)2/h5-15H,4,16H2,1-3H3,(H,26,29). The number of pyridine rings is 1. The molecular weight excluding hydrogens is 374 g/mol. The van der Waals surface area contributed by atoms with E-state index in [9.17, 15) is 4.79 Å². The molecule has 0 spiro atoms. The van der Waals surface area contributed by atoms with Crippen LogP contribution in [0.4, 0.5) is 0 Å². The minimum absolute atomic E-state index is 0.0641. The van der Waals surface area contributed by atoms with Crippen LogP contribution in [-0.2, 0) is 6.61 Å². The quantitative estimate of drug-likeness (QED) is 0.499. The van der Waals surface area contributed by atoms with Gasteiger partial charge in [0.2, 0.25) is 0 Å². The van der Waals surface area contributed by atoms with Gasteiger partial charge in [-0.05, 0) is 56.2 Å². The average Bonchev–Trinajstić information content (AvgIpc) is 3.10. The first-order valence-corrected chi connectivity index (χ1v) is 10.1. The zero-order chi connectivity index (χ0) is 21.1. The molecule has 152 valence electrons. The summed E-state index contributed by atoms with van der Waals surface area (Å²) in [4.78, 5) is 16.8. The number of carbonyl (C=O) groups is 1. The number of amides is 1. The second-order valence-corrected chi connectivity index (χ2v) is 7.26. The van der Waals surface area contributed by atoms with Crippen LogP contribution in [0.3, 0.4) is 0 Å². The van der Waals surface area contributed by atoms with Crippen LogP contribution in [0.2, 0.25) is 0 Å². The molecule has 5 nitrogen and oxygen atoms in total. The van der Waals surface area contributed by atoms with E-state index in [1.165, 1.54) is 5.56 Å². The lowest BCUT2D eigenvalue weighted by atomic mass is 10.1. The summed E-state index contributed by atoms with van der Waals surface area (Å²) < 4.78 is 8.18. The molecule has 0 unspecified atom stereocenters. The molecule has 0 aliphatic heterocycles. The number of carbonyl (C=O) groups excluding carboxylic acids is 1. The summed E-state index contributed by atoms with van der Waals surface area (Å²) in [5.74, 6) is 0.680. The van der Waals surface area contributed by atoms with Gasteiger partial charge in [-0.15, -0.1) is 0 Å². The minimum atomic E-state index is -0.0641. The lowest BCUT2D eigenvalue weighted by Gasteiger charge is -2.10. The number of imidazole rings is 1. The third-order valence-electron chi connectivity index (χ3n) is 5.19. The maximum atomic E-state index is 12.0. The number of hydrogen-bond acceptors (Lipinski definition) is 3. The molecule has 0 bridgehead atoms. The highest BCUT2D eigenvalue weighted by molar-refractivity contribution is 5.94. The number of aryl methyl sites for hydroxylation is 2. The van der Waals surface area contributed by atoms with Crippen molar-refractivity contribution in [3.63, 3.8) is 0 Å². The molecule has 2 heterocycles. The predicted molar refractivity (Wildman–Crippen MR) is 119 cm³/mol. The van der Waals surface area contributed by atoms with Crippen LogP contribution < -0.4 is 10.1 Å². The molecule has 0 saturated heterocycles. The Hall–Kier alpha value is -3.60. The van der Waals surface area contributed by atoms with Crippen molar-refractivity contribution in [3.05, 3.63) is 89.2 Å². The van der Waals surface area contributed by atoms with Crippen molar-refractivity contribution in [2.24, 2.45) is 0 Å². The molecule has 0 aliphatic rings. The van der Waals surface area contributed by atoms with Gasteiger partial charge in [0.25, 0.3) is 5.91 Å². The van der Waals surface area contributed by atoms with Crippen LogP contribution in [0.1, 0.15) is 34.1 Å². The molecule has 4 aromatic rings. The van der Waals surface area contributed by atoms with Gasteiger partial charge in [-0.3, -0.25) is 9.20 Å². The molecule has 30 heavy (non-hydrogen) atoms. The zero-order valence-electron chi connectivity index (χ0n) is 17.5. The number of nitrogens with zero attached hydrogens (tertiary/aromatic N) is 2. The summed E-state index contributed by atoms with van der Waals surface area (Å²) in [6, 6.07) is 19.7. The van der Waals surface area contributed by atoms with Crippen LogP contribution in [0.25, 0.3) is 16.9 Å². The largest absolute Gasteiger partial charge is 0.485 e. The lowest BCUT2D eigenvalue weighted by molar-refractivity contribution is 0.0956. The third kappa shape index (κ3) is 3.79. The first kappa shape index (κ1) is 19.7. The fraction of sp³-hybridized carbons (Fsp3) is 0.200. The first-order valence-electron chi connectivity index (χ1n) is 10.1. The summed E-state index contributed by atoms with van der Waals surface area (Å²) in [7, 11) is 0. The number of hydrogen-bond donors (Lipinski definition) is 1. The van der Waals surface area contributed by atoms with Gasteiger partial charge in [0, 0.05) is 23.9 Å². The number of ether oxygens (including phenoxy) is 1. The minimum Gasteiger partial charge on any atom is -0.485 e. The molecule has 1 amide bonds. The van der Waals surface area contributed by atoms with Crippen LogP contribution in [0.5, 0.6) is 5.75 Å². The third-order valence-corrected chi connectivity index (χ3v) is 5.19. The van der Waals surface area contributed by atoms with Gasteiger partial charge >= 0.3 is 0 Å². The van der Waals surface area contributed by atoms with Crippen LogP contribution in [-0.4, -0.2) is 21.8 Å². The van der Waals surface area contributed by atoms with E-state index in [2.05, 4.69) is 24.4 Å². The van der Waals surface area contributed by atoms with Crippen molar-refractivity contribution >= 4 is 11.6 Å². The van der Waals surface area contributed by atoms with Gasteiger partial charge in [0.15, 0.2) is 11.4 Å². The molecule has 0 radical (unpaired) electrons. The number of aromatic nitrogens is 2. The Morgan fingerprint density at radius 3 is 2.53 bits per heavy atom. The molecule has 2 aromatic carbocycles. The molecule has 0 fully saturated rings. The topological polar surface area (TPSA) is 55.6 Å². The molecule has 4 rings (SSSR count). The molecule has 0 aliphatic carbocycles. The summed E-state index contributed by atoms with van der Waals surface area (Å²) in [6.07, 6.45) is 1.99. The number of nitrogens with one attached hydrogen (secondary N) is 1. The van der Waals surface area contributed by atoms with Gasteiger partial charge < -0.3 is 10.1 Å². The van der Waals surface area contributed by atoms with Crippen molar-refractivity contribution < 1.29 is 9.53 Å². The Balaban J connectivity index is 1.66.